The van der Waals surface area contributed by atoms with Crippen LogP contribution in [0.3, 0.4) is 0 Å². The minimum absolute atomic E-state index is 0.0832. The van der Waals surface area contributed by atoms with Crippen molar-refractivity contribution in [3.8, 4) is 5.75 Å². The predicted molar refractivity (Wildman–Crippen MR) is 124 cm³/mol. The first kappa shape index (κ1) is 21.7. The van der Waals surface area contributed by atoms with Crippen molar-refractivity contribution in [2.24, 2.45) is 5.10 Å². The second kappa shape index (κ2) is 8.89. The minimum Gasteiger partial charge on any atom is -0.507 e. The Bertz CT molecular complexity index is 1320. The lowest BCUT2D eigenvalue weighted by Crippen LogP contribution is -2.43. The summed E-state index contributed by atoms with van der Waals surface area (Å²) in [5.74, 6) is -0.901. The smallest absolute Gasteiger partial charge is 0.281 e. The molecule has 0 radical (unpaired) electrons. The van der Waals surface area contributed by atoms with Crippen LogP contribution in [0.1, 0.15) is 16.7 Å². The van der Waals surface area contributed by atoms with E-state index in [4.69, 9.17) is 0 Å². The van der Waals surface area contributed by atoms with E-state index in [-0.39, 0.29) is 17.0 Å². The molecule has 8 nitrogen and oxygen atoms in total. The molecular formula is C25H19N3O5. The van der Waals surface area contributed by atoms with Crippen molar-refractivity contribution in [3.63, 3.8) is 0 Å². The van der Waals surface area contributed by atoms with Gasteiger partial charge in [-0.3, -0.25) is 14.9 Å². The first-order valence-corrected chi connectivity index (χ1v) is 9.98. The lowest BCUT2D eigenvalue weighted by Gasteiger charge is -2.27. The molecule has 0 bridgehead atoms. The van der Waals surface area contributed by atoms with Crippen LogP contribution in [0, 0.1) is 10.1 Å². The van der Waals surface area contributed by atoms with Gasteiger partial charge in [-0.1, -0.05) is 66.7 Å². The van der Waals surface area contributed by atoms with Crippen LogP contribution in [0.4, 0.5) is 5.69 Å². The molecule has 0 aromatic heterocycles. The lowest BCUT2D eigenvalue weighted by molar-refractivity contribution is -0.384. The fourth-order valence-electron chi connectivity index (χ4n) is 3.60. The highest BCUT2D eigenvalue weighted by atomic mass is 16.6. The number of rotatable bonds is 6. The van der Waals surface area contributed by atoms with Crippen molar-refractivity contribution in [2.45, 2.75) is 5.60 Å². The maximum Gasteiger partial charge on any atom is 0.281 e. The Kier molecular flexibility index (Phi) is 5.84. The highest BCUT2D eigenvalue weighted by Gasteiger charge is 2.39. The first-order valence-electron chi connectivity index (χ1n) is 9.98. The van der Waals surface area contributed by atoms with Gasteiger partial charge in [-0.2, -0.15) is 5.10 Å². The van der Waals surface area contributed by atoms with Crippen LogP contribution in [0.5, 0.6) is 5.75 Å². The third kappa shape index (κ3) is 4.15. The molecule has 1 amide bonds. The van der Waals surface area contributed by atoms with Crippen LogP contribution in [-0.2, 0) is 10.4 Å². The quantitative estimate of drug-likeness (QED) is 0.238. The number of aliphatic hydroxyl groups is 1. The number of phenols is 1. The molecule has 0 heterocycles. The number of carbonyl (C=O) groups is 1. The zero-order valence-corrected chi connectivity index (χ0v) is 17.3. The van der Waals surface area contributed by atoms with E-state index in [9.17, 15) is 25.1 Å². The number of hydrogen-bond donors (Lipinski definition) is 3. The van der Waals surface area contributed by atoms with E-state index < -0.39 is 16.4 Å². The molecule has 0 unspecified atom stereocenters. The Labute approximate surface area is 188 Å². The molecule has 33 heavy (non-hydrogen) atoms. The first-order chi connectivity index (χ1) is 15.9. The van der Waals surface area contributed by atoms with Crippen LogP contribution in [-0.4, -0.2) is 27.3 Å². The van der Waals surface area contributed by atoms with Crippen molar-refractivity contribution in [2.75, 3.05) is 0 Å². The number of nitro benzene ring substituents is 1. The van der Waals surface area contributed by atoms with Gasteiger partial charge in [0.05, 0.1) is 11.1 Å². The predicted octanol–water partition coefficient (Wildman–Crippen LogP) is 3.84. The fraction of sp³-hybridized carbons (Fsp3) is 0.0400. The molecule has 4 aromatic rings. The topological polar surface area (TPSA) is 125 Å². The molecule has 164 valence electrons. The van der Waals surface area contributed by atoms with Gasteiger partial charge in [0.1, 0.15) is 5.75 Å². The summed E-state index contributed by atoms with van der Waals surface area (Å²) in [6.45, 7) is 0. The third-order valence-electron chi connectivity index (χ3n) is 5.30. The molecule has 0 aliphatic heterocycles. The van der Waals surface area contributed by atoms with E-state index >= 15 is 0 Å². The molecule has 0 atom stereocenters. The molecule has 0 spiro atoms. The number of phenolic OH excluding ortho intramolecular Hbond substituents is 1. The number of fused-ring (bicyclic) bond motifs is 1. The second-order valence-electron chi connectivity index (χ2n) is 7.30. The Balaban J connectivity index is 1.67. The van der Waals surface area contributed by atoms with E-state index in [1.807, 2.05) is 0 Å². The highest BCUT2D eigenvalue weighted by Crippen LogP contribution is 2.31. The summed E-state index contributed by atoms with van der Waals surface area (Å²) in [7, 11) is 0. The maximum atomic E-state index is 13.1. The Morgan fingerprint density at radius 3 is 2.12 bits per heavy atom. The van der Waals surface area contributed by atoms with Crippen molar-refractivity contribution in [1.82, 2.24) is 5.43 Å². The molecule has 0 fully saturated rings. The van der Waals surface area contributed by atoms with Gasteiger partial charge in [-0.05, 0) is 34.0 Å². The number of nitrogens with zero attached hydrogens (tertiary/aromatic N) is 2. The molecule has 0 saturated carbocycles. The van der Waals surface area contributed by atoms with Crippen LogP contribution in [0.25, 0.3) is 10.8 Å². The van der Waals surface area contributed by atoms with Crippen molar-refractivity contribution in [1.29, 1.82) is 0 Å². The Hall–Kier alpha value is -4.56. The Morgan fingerprint density at radius 1 is 0.939 bits per heavy atom. The number of amides is 1. The van der Waals surface area contributed by atoms with E-state index in [2.05, 4.69) is 10.5 Å². The van der Waals surface area contributed by atoms with Gasteiger partial charge in [0.25, 0.3) is 11.6 Å². The Morgan fingerprint density at radius 2 is 1.55 bits per heavy atom. The summed E-state index contributed by atoms with van der Waals surface area (Å²) in [5, 5.41) is 37.7. The number of hydrazone groups is 1. The molecule has 3 N–H and O–H groups in total. The number of nitro groups is 1. The molecule has 0 saturated heterocycles. The normalized spacial score (nSPS) is 11.5. The number of aromatic hydroxyl groups is 1. The van der Waals surface area contributed by atoms with Crippen molar-refractivity contribution >= 4 is 28.6 Å². The van der Waals surface area contributed by atoms with E-state index in [0.717, 1.165) is 0 Å². The largest absolute Gasteiger partial charge is 0.507 e. The summed E-state index contributed by atoms with van der Waals surface area (Å²) in [6.07, 6.45) is 1.23. The molecular weight excluding hydrogens is 422 g/mol. The number of non-ortho nitro benzene ring substituents is 1. The summed E-state index contributed by atoms with van der Waals surface area (Å²) in [5.41, 5.74) is 1.27. The number of benzene rings is 4. The van der Waals surface area contributed by atoms with Crippen LogP contribution in [0.15, 0.2) is 96.1 Å². The molecule has 0 aliphatic rings. The summed E-state index contributed by atoms with van der Waals surface area (Å²) in [6, 6.07) is 24.1. The molecule has 4 rings (SSSR count). The third-order valence-corrected chi connectivity index (χ3v) is 5.30. The number of nitrogens with one attached hydrogen (secondary N) is 1. The second-order valence-corrected chi connectivity index (χ2v) is 7.30. The summed E-state index contributed by atoms with van der Waals surface area (Å²) >= 11 is 0. The van der Waals surface area contributed by atoms with E-state index in [1.165, 1.54) is 30.5 Å². The summed E-state index contributed by atoms with van der Waals surface area (Å²) in [4.78, 5) is 23.6. The zero-order valence-electron chi connectivity index (χ0n) is 17.3. The van der Waals surface area contributed by atoms with Gasteiger partial charge in [-0.25, -0.2) is 5.43 Å². The van der Waals surface area contributed by atoms with Gasteiger partial charge < -0.3 is 10.2 Å². The van der Waals surface area contributed by atoms with Gasteiger partial charge >= 0.3 is 0 Å². The van der Waals surface area contributed by atoms with Crippen molar-refractivity contribution in [3.05, 3.63) is 118 Å². The molecule has 0 aliphatic carbocycles. The SMILES string of the molecule is O=C(N/N=C/c1c(O)ccc2cc([N+](=O)[O-])ccc12)C(O)(c1ccccc1)c1ccccc1. The van der Waals surface area contributed by atoms with Crippen molar-refractivity contribution < 1.29 is 19.9 Å². The standard InChI is InChI=1S/C25H19N3O5/c29-23-14-11-17-15-20(28(32)33)12-13-21(17)22(23)16-26-27-24(30)25(31,18-7-3-1-4-8-18)19-9-5-2-6-10-19/h1-16,29,31H,(H,27,30)/b26-16+. The fourth-order valence-corrected chi connectivity index (χ4v) is 3.60. The number of carbonyl (C=O) groups excluding carboxylic acids is 1. The van der Waals surface area contributed by atoms with E-state index in [1.54, 1.807) is 66.7 Å². The number of hydrogen-bond acceptors (Lipinski definition) is 6. The maximum absolute atomic E-state index is 13.1. The van der Waals surface area contributed by atoms with Crippen LogP contribution < -0.4 is 5.43 Å². The van der Waals surface area contributed by atoms with E-state index in [0.29, 0.717) is 21.9 Å². The average Bonchev–Trinajstić information content (AvgIpc) is 2.85. The van der Waals surface area contributed by atoms with Crippen LogP contribution in [0.2, 0.25) is 0 Å². The zero-order chi connectivity index (χ0) is 23.4. The van der Waals surface area contributed by atoms with Gasteiger partial charge in [0, 0.05) is 17.7 Å². The van der Waals surface area contributed by atoms with Gasteiger partial charge in [-0.15, -0.1) is 0 Å². The van der Waals surface area contributed by atoms with Gasteiger partial charge in [0.15, 0.2) is 5.60 Å². The molecule has 4 aromatic carbocycles. The lowest BCUT2D eigenvalue weighted by atomic mass is 9.85. The minimum atomic E-state index is -2.00. The van der Waals surface area contributed by atoms with Gasteiger partial charge in [0.2, 0.25) is 0 Å². The highest BCUT2D eigenvalue weighted by molar-refractivity contribution is 6.03. The van der Waals surface area contributed by atoms with Crippen LogP contribution >= 0.6 is 0 Å². The average molecular weight is 441 g/mol. The molecule has 8 heteroatoms. The monoisotopic (exact) mass is 441 g/mol. The summed E-state index contributed by atoms with van der Waals surface area (Å²) < 4.78 is 0.